The molecular formula is C10H10N2O. The number of rotatable bonds is 1. The first-order chi connectivity index (χ1) is 6.27. The molecule has 13 heavy (non-hydrogen) atoms. The van der Waals surface area contributed by atoms with E-state index in [0.717, 1.165) is 5.56 Å². The van der Waals surface area contributed by atoms with Crippen molar-refractivity contribution in [3.05, 3.63) is 36.2 Å². The first kappa shape index (κ1) is 7.86. The highest BCUT2D eigenvalue weighted by atomic mass is 16.4. The molecule has 3 nitrogen and oxygen atoms in total. The van der Waals surface area contributed by atoms with Crippen molar-refractivity contribution in [1.29, 1.82) is 0 Å². The maximum absolute atomic E-state index is 5.67. The van der Waals surface area contributed by atoms with Crippen LogP contribution in [0.25, 0.3) is 11.3 Å². The van der Waals surface area contributed by atoms with Gasteiger partial charge in [0, 0.05) is 12.5 Å². The van der Waals surface area contributed by atoms with Gasteiger partial charge in [-0.1, -0.05) is 30.3 Å². The summed E-state index contributed by atoms with van der Waals surface area (Å²) in [4.78, 5) is 4.00. The predicted molar refractivity (Wildman–Crippen MR) is 51.1 cm³/mol. The normalized spacial score (nSPS) is 10.2. The molecule has 0 aliphatic heterocycles. The Morgan fingerprint density at radius 2 is 1.92 bits per heavy atom. The molecule has 0 saturated carbocycles. The van der Waals surface area contributed by atoms with Crippen molar-refractivity contribution in [3.63, 3.8) is 0 Å². The van der Waals surface area contributed by atoms with Crippen molar-refractivity contribution in [2.75, 3.05) is 5.73 Å². The van der Waals surface area contributed by atoms with E-state index >= 15 is 0 Å². The van der Waals surface area contributed by atoms with E-state index in [9.17, 15) is 0 Å². The van der Waals surface area contributed by atoms with Crippen molar-refractivity contribution < 1.29 is 4.42 Å². The van der Waals surface area contributed by atoms with Gasteiger partial charge in [0.2, 0.25) is 0 Å². The Kier molecular flexibility index (Phi) is 1.77. The molecule has 0 unspecified atom stereocenters. The van der Waals surface area contributed by atoms with Crippen molar-refractivity contribution >= 4 is 5.82 Å². The predicted octanol–water partition coefficient (Wildman–Crippen LogP) is 2.23. The van der Waals surface area contributed by atoms with E-state index in [1.54, 1.807) is 6.92 Å². The molecular weight excluding hydrogens is 164 g/mol. The van der Waals surface area contributed by atoms with Gasteiger partial charge >= 0.3 is 0 Å². The molecule has 1 heterocycles. The summed E-state index contributed by atoms with van der Waals surface area (Å²) in [6, 6.07) is 9.70. The smallest absolute Gasteiger partial charge is 0.193 e. The highest BCUT2D eigenvalue weighted by molar-refractivity contribution is 5.67. The number of aromatic nitrogens is 1. The second-order valence-corrected chi connectivity index (χ2v) is 2.81. The highest BCUT2D eigenvalue weighted by Gasteiger charge is 2.08. The number of nitrogens with two attached hydrogens (primary N) is 1. The Hall–Kier alpha value is -1.77. The largest absolute Gasteiger partial charge is 0.439 e. The molecule has 0 atom stereocenters. The van der Waals surface area contributed by atoms with Gasteiger partial charge in [0.15, 0.2) is 17.5 Å². The molecule has 3 heteroatoms. The van der Waals surface area contributed by atoms with E-state index in [4.69, 9.17) is 10.2 Å². The number of benzene rings is 1. The molecule has 0 aliphatic carbocycles. The maximum atomic E-state index is 5.67. The fourth-order valence-electron chi connectivity index (χ4n) is 1.24. The molecule has 0 saturated heterocycles. The first-order valence-corrected chi connectivity index (χ1v) is 4.05. The summed E-state index contributed by atoms with van der Waals surface area (Å²) in [6.45, 7) is 1.78. The number of hydrogen-bond acceptors (Lipinski definition) is 3. The zero-order valence-electron chi connectivity index (χ0n) is 7.32. The summed E-state index contributed by atoms with van der Waals surface area (Å²) in [7, 11) is 0. The fourth-order valence-corrected chi connectivity index (χ4v) is 1.24. The van der Waals surface area contributed by atoms with E-state index in [1.165, 1.54) is 0 Å². The lowest BCUT2D eigenvalue weighted by molar-refractivity contribution is 0.534. The lowest BCUT2D eigenvalue weighted by Crippen LogP contribution is -1.86. The van der Waals surface area contributed by atoms with Gasteiger partial charge in [-0.15, -0.1) is 0 Å². The molecule has 2 aromatic rings. The Bertz CT molecular complexity index is 406. The highest BCUT2D eigenvalue weighted by Crippen LogP contribution is 2.25. The Balaban J connectivity index is 2.53. The van der Waals surface area contributed by atoms with Gasteiger partial charge in [-0.3, -0.25) is 0 Å². The van der Waals surface area contributed by atoms with Crippen LogP contribution in [-0.2, 0) is 0 Å². The third kappa shape index (κ3) is 1.40. The molecule has 0 spiro atoms. The number of nitrogens with zero attached hydrogens (tertiary/aromatic N) is 1. The SMILES string of the molecule is Cc1nc(N)c(-c2ccccc2)o1. The number of hydrogen-bond donors (Lipinski definition) is 1. The zero-order valence-corrected chi connectivity index (χ0v) is 7.32. The second kappa shape index (κ2) is 2.94. The molecule has 0 bridgehead atoms. The minimum atomic E-state index is 0.448. The van der Waals surface area contributed by atoms with E-state index in [2.05, 4.69) is 4.98 Å². The number of oxazole rings is 1. The topological polar surface area (TPSA) is 52.0 Å². The zero-order chi connectivity index (χ0) is 9.26. The van der Waals surface area contributed by atoms with Crippen molar-refractivity contribution in [3.8, 4) is 11.3 Å². The van der Waals surface area contributed by atoms with Crippen LogP contribution in [0.15, 0.2) is 34.7 Å². The van der Waals surface area contributed by atoms with Crippen LogP contribution in [-0.4, -0.2) is 4.98 Å². The van der Waals surface area contributed by atoms with Crippen LogP contribution in [0.3, 0.4) is 0 Å². The lowest BCUT2D eigenvalue weighted by atomic mass is 10.2. The maximum Gasteiger partial charge on any atom is 0.193 e. The number of aryl methyl sites for hydroxylation is 1. The van der Waals surface area contributed by atoms with E-state index in [-0.39, 0.29) is 0 Å². The molecule has 2 N–H and O–H groups in total. The van der Waals surface area contributed by atoms with Gasteiger partial charge in [-0.05, 0) is 0 Å². The Labute approximate surface area is 76.2 Å². The quantitative estimate of drug-likeness (QED) is 0.721. The van der Waals surface area contributed by atoms with Crippen molar-refractivity contribution in [2.24, 2.45) is 0 Å². The van der Waals surface area contributed by atoms with Gasteiger partial charge in [0.05, 0.1) is 0 Å². The van der Waals surface area contributed by atoms with Crippen molar-refractivity contribution in [1.82, 2.24) is 4.98 Å². The third-order valence-electron chi connectivity index (χ3n) is 1.80. The third-order valence-corrected chi connectivity index (χ3v) is 1.80. The van der Waals surface area contributed by atoms with Crippen LogP contribution in [0.1, 0.15) is 5.89 Å². The lowest BCUT2D eigenvalue weighted by Gasteiger charge is -1.95. The van der Waals surface area contributed by atoms with Crippen LogP contribution in [0.4, 0.5) is 5.82 Å². The van der Waals surface area contributed by atoms with Gasteiger partial charge in [-0.2, -0.15) is 4.98 Å². The summed E-state index contributed by atoms with van der Waals surface area (Å²) < 4.78 is 5.36. The van der Waals surface area contributed by atoms with Crippen LogP contribution in [0.5, 0.6) is 0 Å². The van der Waals surface area contributed by atoms with Gasteiger partial charge < -0.3 is 10.2 Å². The van der Waals surface area contributed by atoms with E-state index in [0.29, 0.717) is 17.5 Å². The van der Waals surface area contributed by atoms with Crippen LogP contribution >= 0.6 is 0 Å². The van der Waals surface area contributed by atoms with Gasteiger partial charge in [0.25, 0.3) is 0 Å². The molecule has 0 aliphatic rings. The fraction of sp³-hybridized carbons (Fsp3) is 0.100. The number of anilines is 1. The van der Waals surface area contributed by atoms with Gasteiger partial charge in [0.1, 0.15) is 0 Å². The van der Waals surface area contributed by atoms with Crippen LogP contribution in [0, 0.1) is 6.92 Å². The summed E-state index contributed by atoms with van der Waals surface area (Å²) in [5.74, 6) is 1.69. The summed E-state index contributed by atoms with van der Waals surface area (Å²) in [5.41, 5.74) is 6.63. The molecule has 2 rings (SSSR count). The minimum Gasteiger partial charge on any atom is -0.439 e. The molecule has 0 radical (unpaired) electrons. The molecule has 1 aromatic carbocycles. The standard InChI is InChI=1S/C10H10N2O/c1-7-12-10(11)9(13-7)8-5-3-2-4-6-8/h2-6H,11H2,1H3. The monoisotopic (exact) mass is 174 g/mol. The van der Waals surface area contributed by atoms with Crippen LogP contribution < -0.4 is 5.73 Å². The van der Waals surface area contributed by atoms with Crippen LogP contribution in [0.2, 0.25) is 0 Å². The van der Waals surface area contributed by atoms with E-state index < -0.39 is 0 Å². The van der Waals surface area contributed by atoms with Crippen molar-refractivity contribution in [2.45, 2.75) is 6.92 Å². The second-order valence-electron chi connectivity index (χ2n) is 2.81. The summed E-state index contributed by atoms with van der Waals surface area (Å²) in [5, 5.41) is 0. The summed E-state index contributed by atoms with van der Waals surface area (Å²) >= 11 is 0. The first-order valence-electron chi connectivity index (χ1n) is 4.05. The summed E-state index contributed by atoms with van der Waals surface area (Å²) in [6.07, 6.45) is 0. The minimum absolute atomic E-state index is 0.448. The molecule has 0 amide bonds. The van der Waals surface area contributed by atoms with E-state index in [1.807, 2.05) is 30.3 Å². The Morgan fingerprint density at radius 1 is 1.23 bits per heavy atom. The average Bonchev–Trinajstić information content (AvgIpc) is 2.47. The van der Waals surface area contributed by atoms with Gasteiger partial charge in [-0.25, -0.2) is 0 Å². The number of nitrogen functional groups attached to an aromatic ring is 1. The Morgan fingerprint density at radius 3 is 2.46 bits per heavy atom. The molecule has 1 aromatic heterocycles. The molecule has 66 valence electrons. The molecule has 0 fully saturated rings. The average molecular weight is 174 g/mol.